The fourth-order valence-electron chi connectivity index (χ4n) is 4.88. The first-order chi connectivity index (χ1) is 18.3. The number of carbonyl (C=O) groups is 1. The molecular formula is C32H30IrN4O2-2. The van der Waals surface area contributed by atoms with E-state index in [9.17, 15) is 4.79 Å². The van der Waals surface area contributed by atoms with Crippen molar-refractivity contribution in [2.75, 3.05) is 19.0 Å². The summed E-state index contributed by atoms with van der Waals surface area (Å²) >= 11 is 0. The number of benzene rings is 3. The minimum atomic E-state index is -0.946. The Hall–Kier alpha value is -3.93. The molecule has 6 rings (SSSR count). The van der Waals surface area contributed by atoms with E-state index in [-0.39, 0.29) is 25.7 Å². The van der Waals surface area contributed by atoms with Crippen LogP contribution < -0.4 is 4.90 Å². The molecule has 3 aromatic heterocycles. The van der Waals surface area contributed by atoms with Gasteiger partial charge in [-0.3, -0.25) is 4.98 Å². The SMILES string of the molecule is CCn1cc2c3c(-c4ccccc4C)cc[c-]c3c3ncc(C)n3c2c1.CN(C)c1cc[c-]c(C(=O)O)c1.[Ir]. The Labute approximate surface area is 241 Å². The number of rotatable bonds is 4. The average Bonchev–Trinajstić information content (AvgIpc) is 3.53. The molecule has 0 spiro atoms. The quantitative estimate of drug-likeness (QED) is 0.207. The van der Waals surface area contributed by atoms with Gasteiger partial charge in [-0.05, 0) is 43.0 Å². The number of aromatic nitrogens is 3. The minimum Gasteiger partial charge on any atom is -0.521 e. The monoisotopic (exact) mass is 695 g/mol. The van der Waals surface area contributed by atoms with Crippen molar-refractivity contribution in [2.24, 2.45) is 0 Å². The fraction of sp³-hybridized carbons (Fsp3) is 0.188. The molecule has 39 heavy (non-hydrogen) atoms. The number of pyridine rings is 1. The van der Waals surface area contributed by atoms with E-state index in [1.807, 2.05) is 37.3 Å². The summed E-state index contributed by atoms with van der Waals surface area (Å²) in [5.74, 6) is -0.946. The van der Waals surface area contributed by atoms with Crippen LogP contribution in [0.2, 0.25) is 0 Å². The molecule has 0 unspecified atom stereocenters. The number of carboxylic acid groups (broad SMARTS) is 1. The maximum atomic E-state index is 10.5. The minimum absolute atomic E-state index is 0. The zero-order valence-electron chi connectivity index (χ0n) is 22.6. The summed E-state index contributed by atoms with van der Waals surface area (Å²) in [6.45, 7) is 7.40. The second-order valence-corrected chi connectivity index (χ2v) is 9.56. The van der Waals surface area contributed by atoms with E-state index in [0.29, 0.717) is 0 Å². The Morgan fingerprint density at radius 1 is 1.03 bits per heavy atom. The molecule has 0 amide bonds. The molecule has 1 N–H and O–H groups in total. The van der Waals surface area contributed by atoms with E-state index in [1.54, 1.807) is 12.1 Å². The predicted molar refractivity (Wildman–Crippen MR) is 154 cm³/mol. The van der Waals surface area contributed by atoms with Crippen LogP contribution in [-0.2, 0) is 26.7 Å². The third kappa shape index (κ3) is 5.20. The number of imidazole rings is 1. The number of aromatic carboxylic acids is 1. The van der Waals surface area contributed by atoms with E-state index in [1.165, 1.54) is 33.0 Å². The van der Waals surface area contributed by atoms with Gasteiger partial charge in [0.1, 0.15) is 0 Å². The maximum absolute atomic E-state index is 10.5. The van der Waals surface area contributed by atoms with Crippen LogP contribution in [0, 0.1) is 26.0 Å². The number of nitrogens with zero attached hydrogens (tertiary/aromatic N) is 4. The zero-order valence-corrected chi connectivity index (χ0v) is 25.0. The zero-order chi connectivity index (χ0) is 27.0. The summed E-state index contributed by atoms with van der Waals surface area (Å²) in [4.78, 5) is 17.1. The van der Waals surface area contributed by atoms with Gasteiger partial charge in [0.2, 0.25) is 5.97 Å². The number of hydrogen-bond acceptors (Lipinski definition) is 3. The van der Waals surface area contributed by atoms with Crippen molar-refractivity contribution < 1.29 is 30.0 Å². The Morgan fingerprint density at radius 2 is 1.77 bits per heavy atom. The average molecular weight is 695 g/mol. The van der Waals surface area contributed by atoms with Gasteiger partial charge in [0.25, 0.3) is 0 Å². The maximum Gasteiger partial charge on any atom is 0.247 e. The Balaban J connectivity index is 0.000000231. The summed E-state index contributed by atoms with van der Waals surface area (Å²) in [5.41, 5.74) is 8.20. The van der Waals surface area contributed by atoms with Crippen LogP contribution in [0.4, 0.5) is 5.69 Å². The van der Waals surface area contributed by atoms with Crippen molar-refractivity contribution in [2.45, 2.75) is 27.3 Å². The molecule has 0 fully saturated rings. The summed E-state index contributed by atoms with van der Waals surface area (Å²) < 4.78 is 4.50. The van der Waals surface area contributed by atoms with Gasteiger partial charge in [-0.25, -0.2) is 0 Å². The molecule has 0 aliphatic carbocycles. The third-order valence-corrected chi connectivity index (χ3v) is 6.86. The van der Waals surface area contributed by atoms with Crippen molar-refractivity contribution in [1.29, 1.82) is 0 Å². The van der Waals surface area contributed by atoms with Gasteiger partial charge in [-0.15, -0.1) is 42.5 Å². The molecule has 201 valence electrons. The first kappa shape index (κ1) is 28.1. The predicted octanol–water partition coefficient (Wildman–Crippen LogP) is 6.79. The van der Waals surface area contributed by atoms with Crippen LogP contribution in [0.15, 0.2) is 73.2 Å². The molecular weight excluding hydrogens is 665 g/mol. The van der Waals surface area contributed by atoms with E-state index >= 15 is 0 Å². The van der Waals surface area contributed by atoms with Gasteiger partial charge < -0.3 is 23.8 Å². The van der Waals surface area contributed by atoms with Crippen molar-refractivity contribution in [3.8, 4) is 11.1 Å². The van der Waals surface area contributed by atoms with E-state index in [4.69, 9.17) is 10.1 Å². The van der Waals surface area contributed by atoms with Crippen molar-refractivity contribution >= 4 is 39.0 Å². The number of aryl methyl sites for hydroxylation is 3. The van der Waals surface area contributed by atoms with Gasteiger partial charge in [0, 0.05) is 65.0 Å². The van der Waals surface area contributed by atoms with Crippen LogP contribution in [0.3, 0.4) is 0 Å². The second kappa shape index (κ2) is 11.4. The Kier molecular flexibility index (Phi) is 8.24. The third-order valence-electron chi connectivity index (χ3n) is 6.86. The second-order valence-electron chi connectivity index (χ2n) is 9.56. The summed E-state index contributed by atoms with van der Waals surface area (Å²) in [6.07, 6.45) is 6.43. The van der Waals surface area contributed by atoms with Gasteiger partial charge in [0.05, 0.1) is 11.2 Å². The number of hydrogen-bond donors (Lipinski definition) is 1. The largest absolute Gasteiger partial charge is 0.521 e. The van der Waals surface area contributed by atoms with Crippen molar-refractivity contribution in [3.63, 3.8) is 0 Å². The molecule has 0 saturated heterocycles. The topological polar surface area (TPSA) is 62.8 Å². The van der Waals surface area contributed by atoms with Gasteiger partial charge in [-0.1, -0.05) is 46.2 Å². The van der Waals surface area contributed by atoms with Crippen LogP contribution in [0.1, 0.15) is 28.5 Å². The number of carboxylic acids is 1. The molecule has 0 saturated carbocycles. The molecule has 0 aliphatic heterocycles. The Morgan fingerprint density at radius 3 is 2.46 bits per heavy atom. The molecule has 7 heteroatoms. The molecule has 3 heterocycles. The number of anilines is 1. The summed E-state index contributed by atoms with van der Waals surface area (Å²) in [5, 5.41) is 12.2. The molecule has 6 nitrogen and oxygen atoms in total. The molecule has 3 aromatic carbocycles. The van der Waals surface area contributed by atoms with Crippen molar-refractivity contribution in [3.05, 3.63) is 102 Å². The van der Waals surface area contributed by atoms with Crippen LogP contribution in [-0.4, -0.2) is 39.1 Å². The molecule has 1 radical (unpaired) electrons. The van der Waals surface area contributed by atoms with Crippen LogP contribution in [0.5, 0.6) is 0 Å². The molecule has 6 aromatic rings. The molecule has 0 aliphatic rings. The Bertz CT molecular complexity index is 1800. The van der Waals surface area contributed by atoms with Crippen molar-refractivity contribution in [1.82, 2.24) is 14.0 Å². The van der Waals surface area contributed by atoms with Gasteiger partial charge in [0.15, 0.2) is 0 Å². The van der Waals surface area contributed by atoms with Crippen LogP contribution >= 0.6 is 0 Å². The first-order valence-corrected chi connectivity index (χ1v) is 12.6. The first-order valence-electron chi connectivity index (χ1n) is 12.6. The van der Waals surface area contributed by atoms with Gasteiger partial charge >= 0.3 is 0 Å². The summed E-state index contributed by atoms with van der Waals surface area (Å²) in [7, 11) is 3.72. The van der Waals surface area contributed by atoms with Crippen LogP contribution in [0.25, 0.3) is 38.4 Å². The standard InChI is InChI=1S/C23H20N3.C9H10NO2.Ir/c1-4-25-13-20-21(14-25)26-16(3)12-24-23(26)19-11-7-10-18(22(19)20)17-9-6-5-8-15(17)2;1-10(2)8-5-3-4-7(6-8)9(11)12;/h5-10,12-14H,4H2,1-3H3;3,5-6H,1-2H3,(H,11,12);/q2*-1;. The van der Waals surface area contributed by atoms with E-state index < -0.39 is 5.97 Å². The van der Waals surface area contributed by atoms with E-state index in [0.717, 1.165) is 29.0 Å². The molecule has 0 atom stereocenters. The number of fused-ring (bicyclic) bond motifs is 6. The van der Waals surface area contributed by atoms with Gasteiger partial charge in [-0.2, -0.15) is 0 Å². The fourth-order valence-corrected chi connectivity index (χ4v) is 4.88. The van der Waals surface area contributed by atoms with E-state index in [2.05, 4.69) is 84.6 Å². The molecule has 0 bridgehead atoms. The smallest absolute Gasteiger partial charge is 0.247 e. The normalized spacial score (nSPS) is 10.8. The summed E-state index contributed by atoms with van der Waals surface area (Å²) in [6, 6.07) is 23.9.